The monoisotopic (exact) mass is 314 g/mol. The van der Waals surface area contributed by atoms with Crippen molar-refractivity contribution in [2.45, 2.75) is 45.4 Å². The number of nitrogens with zero attached hydrogens (tertiary/aromatic N) is 2. The van der Waals surface area contributed by atoms with E-state index in [4.69, 9.17) is 0 Å². The van der Waals surface area contributed by atoms with Crippen molar-refractivity contribution < 1.29 is 4.79 Å². The van der Waals surface area contributed by atoms with Gasteiger partial charge in [-0.1, -0.05) is 56.5 Å². The molecule has 23 heavy (non-hydrogen) atoms. The van der Waals surface area contributed by atoms with Crippen LogP contribution in [0.15, 0.2) is 42.5 Å². The lowest BCUT2D eigenvalue weighted by Crippen LogP contribution is -2.48. The van der Waals surface area contributed by atoms with Crippen LogP contribution in [0.1, 0.15) is 45.4 Å². The molecule has 1 aliphatic rings. The Morgan fingerprint density at radius 1 is 1.00 bits per heavy atom. The van der Waals surface area contributed by atoms with Crippen molar-refractivity contribution in [2.24, 2.45) is 0 Å². The first-order valence-electron chi connectivity index (χ1n) is 9.04. The Balaban J connectivity index is 1.64. The second kappa shape index (κ2) is 10.1. The minimum atomic E-state index is 0.266. The van der Waals surface area contributed by atoms with E-state index in [1.807, 2.05) is 11.0 Å². The van der Waals surface area contributed by atoms with Gasteiger partial charge in [-0.2, -0.15) is 0 Å². The molecule has 1 amide bonds. The molecule has 0 N–H and O–H groups in total. The number of benzene rings is 1. The summed E-state index contributed by atoms with van der Waals surface area (Å²) in [6.45, 7) is 5.75. The number of carbonyl (C=O) groups is 1. The molecule has 2 rings (SSSR count). The number of anilines is 1. The second-order valence-electron chi connectivity index (χ2n) is 6.23. The number of amides is 1. The van der Waals surface area contributed by atoms with Crippen molar-refractivity contribution >= 4 is 11.6 Å². The second-order valence-corrected chi connectivity index (χ2v) is 6.23. The SMILES string of the molecule is CCCCCC/C=C/CC(=O)N1CCN(c2ccccc2)CC1. The van der Waals surface area contributed by atoms with E-state index in [-0.39, 0.29) is 5.91 Å². The van der Waals surface area contributed by atoms with E-state index < -0.39 is 0 Å². The third-order valence-electron chi connectivity index (χ3n) is 4.44. The Hall–Kier alpha value is -1.77. The van der Waals surface area contributed by atoms with Crippen molar-refractivity contribution in [2.75, 3.05) is 31.1 Å². The highest BCUT2D eigenvalue weighted by Crippen LogP contribution is 2.16. The van der Waals surface area contributed by atoms with Crippen LogP contribution in [0.25, 0.3) is 0 Å². The van der Waals surface area contributed by atoms with Crippen LogP contribution in [0.4, 0.5) is 5.69 Å². The Morgan fingerprint density at radius 3 is 2.43 bits per heavy atom. The van der Waals surface area contributed by atoms with E-state index in [2.05, 4.69) is 48.2 Å². The molecule has 0 aromatic heterocycles. The molecule has 1 aromatic carbocycles. The topological polar surface area (TPSA) is 23.6 Å². The molecule has 1 aromatic rings. The van der Waals surface area contributed by atoms with Crippen molar-refractivity contribution in [1.82, 2.24) is 4.90 Å². The molecule has 1 saturated heterocycles. The standard InChI is InChI=1S/C20H30N2O/c1-2-3-4-5-6-7-11-14-20(23)22-17-15-21(16-18-22)19-12-9-8-10-13-19/h7-13H,2-6,14-18H2,1H3/b11-7+. The molecule has 0 atom stereocenters. The summed E-state index contributed by atoms with van der Waals surface area (Å²) in [5.74, 6) is 0.266. The van der Waals surface area contributed by atoms with Crippen LogP contribution in [0.5, 0.6) is 0 Å². The van der Waals surface area contributed by atoms with Crippen molar-refractivity contribution in [3.05, 3.63) is 42.5 Å². The van der Waals surface area contributed by atoms with Gasteiger partial charge < -0.3 is 9.80 Å². The van der Waals surface area contributed by atoms with E-state index in [0.717, 1.165) is 32.6 Å². The predicted molar refractivity (Wildman–Crippen MR) is 97.8 cm³/mol. The summed E-state index contributed by atoms with van der Waals surface area (Å²) in [4.78, 5) is 16.6. The Labute approximate surface area is 141 Å². The van der Waals surface area contributed by atoms with E-state index in [1.165, 1.54) is 31.4 Å². The number of allylic oxidation sites excluding steroid dienone is 1. The van der Waals surface area contributed by atoms with Crippen molar-refractivity contribution in [3.63, 3.8) is 0 Å². The van der Waals surface area contributed by atoms with E-state index in [0.29, 0.717) is 6.42 Å². The number of para-hydroxylation sites is 1. The smallest absolute Gasteiger partial charge is 0.226 e. The molecule has 3 nitrogen and oxygen atoms in total. The lowest BCUT2D eigenvalue weighted by molar-refractivity contribution is -0.130. The fourth-order valence-electron chi connectivity index (χ4n) is 2.97. The van der Waals surface area contributed by atoms with E-state index in [9.17, 15) is 4.79 Å². The first-order chi connectivity index (χ1) is 11.3. The molecule has 0 saturated carbocycles. The van der Waals surface area contributed by atoms with Crippen LogP contribution >= 0.6 is 0 Å². The van der Waals surface area contributed by atoms with Crippen LogP contribution in [0.3, 0.4) is 0 Å². The molecule has 3 heteroatoms. The van der Waals surface area contributed by atoms with Gasteiger partial charge in [0, 0.05) is 38.3 Å². The van der Waals surface area contributed by atoms with Gasteiger partial charge in [-0.25, -0.2) is 0 Å². The third-order valence-corrected chi connectivity index (χ3v) is 4.44. The van der Waals surface area contributed by atoms with Gasteiger partial charge in [-0.3, -0.25) is 4.79 Å². The number of piperazine rings is 1. The van der Waals surface area contributed by atoms with E-state index in [1.54, 1.807) is 0 Å². The molecule has 0 unspecified atom stereocenters. The zero-order valence-corrected chi connectivity index (χ0v) is 14.4. The Morgan fingerprint density at radius 2 is 1.74 bits per heavy atom. The highest BCUT2D eigenvalue weighted by Gasteiger charge is 2.20. The maximum Gasteiger partial charge on any atom is 0.226 e. The lowest BCUT2D eigenvalue weighted by atomic mass is 10.1. The van der Waals surface area contributed by atoms with Gasteiger partial charge in [0.15, 0.2) is 0 Å². The zero-order valence-electron chi connectivity index (χ0n) is 14.4. The highest BCUT2D eigenvalue weighted by molar-refractivity contribution is 5.78. The summed E-state index contributed by atoms with van der Waals surface area (Å²) in [6, 6.07) is 10.5. The van der Waals surface area contributed by atoms with Crippen molar-refractivity contribution in [1.29, 1.82) is 0 Å². The number of hydrogen-bond acceptors (Lipinski definition) is 2. The van der Waals surface area contributed by atoms with Gasteiger partial charge in [0.2, 0.25) is 5.91 Å². The molecular weight excluding hydrogens is 284 g/mol. The fourth-order valence-corrected chi connectivity index (χ4v) is 2.97. The highest BCUT2D eigenvalue weighted by atomic mass is 16.2. The minimum absolute atomic E-state index is 0.266. The Kier molecular flexibility index (Phi) is 7.71. The van der Waals surface area contributed by atoms with Gasteiger partial charge >= 0.3 is 0 Å². The Bertz CT molecular complexity index is 476. The third kappa shape index (κ3) is 6.09. The fraction of sp³-hybridized carbons (Fsp3) is 0.550. The molecule has 126 valence electrons. The number of unbranched alkanes of at least 4 members (excludes halogenated alkanes) is 4. The molecule has 0 bridgehead atoms. The summed E-state index contributed by atoms with van der Waals surface area (Å²) in [6.07, 6.45) is 11.0. The summed E-state index contributed by atoms with van der Waals surface area (Å²) in [5, 5.41) is 0. The normalized spacial score (nSPS) is 15.3. The first kappa shape index (κ1) is 17.6. The van der Waals surface area contributed by atoms with Gasteiger partial charge in [0.25, 0.3) is 0 Å². The maximum absolute atomic E-state index is 12.2. The first-order valence-corrected chi connectivity index (χ1v) is 9.04. The number of hydrogen-bond donors (Lipinski definition) is 0. The number of carbonyl (C=O) groups excluding carboxylic acids is 1. The van der Waals surface area contributed by atoms with Crippen LogP contribution in [0.2, 0.25) is 0 Å². The molecule has 1 heterocycles. The molecule has 0 spiro atoms. The quantitative estimate of drug-likeness (QED) is 0.529. The molecule has 0 radical (unpaired) electrons. The molecule has 1 fully saturated rings. The van der Waals surface area contributed by atoms with Crippen LogP contribution < -0.4 is 4.90 Å². The van der Waals surface area contributed by atoms with Gasteiger partial charge in [-0.05, 0) is 25.0 Å². The van der Waals surface area contributed by atoms with Gasteiger partial charge in [0.05, 0.1) is 0 Å². The average Bonchev–Trinajstić information content (AvgIpc) is 2.61. The van der Waals surface area contributed by atoms with Crippen LogP contribution in [0, 0.1) is 0 Å². The molecular formula is C20H30N2O. The van der Waals surface area contributed by atoms with Crippen LogP contribution in [-0.2, 0) is 4.79 Å². The summed E-state index contributed by atoms with van der Waals surface area (Å²) in [7, 11) is 0. The largest absolute Gasteiger partial charge is 0.368 e. The van der Waals surface area contributed by atoms with Gasteiger partial charge in [-0.15, -0.1) is 0 Å². The molecule has 0 aliphatic carbocycles. The average molecular weight is 314 g/mol. The minimum Gasteiger partial charge on any atom is -0.368 e. The molecule has 1 aliphatic heterocycles. The lowest BCUT2D eigenvalue weighted by Gasteiger charge is -2.36. The van der Waals surface area contributed by atoms with Crippen LogP contribution in [-0.4, -0.2) is 37.0 Å². The van der Waals surface area contributed by atoms with Gasteiger partial charge in [0.1, 0.15) is 0 Å². The maximum atomic E-state index is 12.2. The predicted octanol–water partition coefficient (Wildman–Crippen LogP) is 4.25. The summed E-state index contributed by atoms with van der Waals surface area (Å²) < 4.78 is 0. The van der Waals surface area contributed by atoms with E-state index >= 15 is 0 Å². The summed E-state index contributed by atoms with van der Waals surface area (Å²) in [5.41, 5.74) is 1.26. The number of rotatable bonds is 8. The zero-order chi connectivity index (χ0) is 16.3. The van der Waals surface area contributed by atoms with Crippen molar-refractivity contribution in [3.8, 4) is 0 Å². The summed E-state index contributed by atoms with van der Waals surface area (Å²) >= 11 is 0.